The Morgan fingerprint density at radius 3 is 2.64 bits per heavy atom. The van der Waals surface area contributed by atoms with Crippen molar-refractivity contribution in [2.24, 2.45) is 0 Å². The number of hydrogen-bond acceptors (Lipinski definition) is 5. The first kappa shape index (κ1) is 8.55. The van der Waals surface area contributed by atoms with Crippen molar-refractivity contribution in [3.05, 3.63) is 31.0 Å². The molecule has 2 rings (SSSR count). The second-order valence-corrected chi connectivity index (χ2v) is 2.52. The van der Waals surface area contributed by atoms with E-state index in [4.69, 9.17) is 4.74 Å². The lowest BCUT2D eigenvalue weighted by atomic mass is 10.3. The van der Waals surface area contributed by atoms with Crippen molar-refractivity contribution in [3.8, 4) is 17.3 Å². The predicted octanol–water partition coefficient (Wildman–Crippen LogP) is 0.942. The van der Waals surface area contributed by atoms with Gasteiger partial charge in [-0.15, -0.1) is 0 Å². The molecule has 0 aliphatic rings. The highest BCUT2D eigenvalue weighted by molar-refractivity contribution is 5.59. The lowest BCUT2D eigenvalue weighted by molar-refractivity contribution is 0.398. The molecule has 2 aromatic rings. The van der Waals surface area contributed by atoms with E-state index >= 15 is 0 Å². The molecule has 2 heterocycles. The largest absolute Gasteiger partial charge is 0.480 e. The summed E-state index contributed by atoms with van der Waals surface area (Å²) < 4.78 is 5.07. The van der Waals surface area contributed by atoms with Crippen LogP contribution in [-0.4, -0.2) is 27.0 Å². The Morgan fingerprint density at radius 2 is 1.93 bits per heavy atom. The summed E-state index contributed by atoms with van der Waals surface area (Å²) in [6.45, 7) is 0. The Morgan fingerprint density at radius 1 is 1.14 bits per heavy atom. The molecule has 0 unspecified atom stereocenters. The van der Waals surface area contributed by atoms with Crippen molar-refractivity contribution in [2.75, 3.05) is 7.11 Å². The molecule has 0 spiro atoms. The van der Waals surface area contributed by atoms with Gasteiger partial charge in [-0.1, -0.05) is 0 Å². The molecular weight excluding hydrogens is 180 g/mol. The lowest BCUT2D eigenvalue weighted by Crippen LogP contribution is -1.95. The number of nitrogens with zero attached hydrogens (tertiary/aromatic N) is 4. The first-order valence-electron chi connectivity index (χ1n) is 4.03. The third kappa shape index (κ3) is 1.52. The van der Waals surface area contributed by atoms with Crippen molar-refractivity contribution in [1.29, 1.82) is 0 Å². The zero-order chi connectivity index (χ0) is 9.80. The van der Waals surface area contributed by atoms with Crippen molar-refractivity contribution in [1.82, 2.24) is 19.9 Å². The topological polar surface area (TPSA) is 60.8 Å². The summed E-state index contributed by atoms with van der Waals surface area (Å²) in [6, 6.07) is 1.75. The maximum absolute atomic E-state index is 5.07. The highest BCUT2D eigenvalue weighted by Crippen LogP contribution is 2.21. The molecule has 0 aliphatic carbocycles. The number of methoxy groups -OCH3 is 1. The van der Waals surface area contributed by atoms with Crippen molar-refractivity contribution < 1.29 is 4.74 Å². The number of aromatic nitrogens is 4. The maximum atomic E-state index is 5.07. The quantitative estimate of drug-likeness (QED) is 0.701. The van der Waals surface area contributed by atoms with Gasteiger partial charge in [0.25, 0.3) is 0 Å². The SMILES string of the molecule is COc1ncncc1-c1ncccn1. The Hall–Kier alpha value is -2.04. The zero-order valence-electron chi connectivity index (χ0n) is 7.58. The van der Waals surface area contributed by atoms with Gasteiger partial charge in [-0.3, -0.25) is 0 Å². The summed E-state index contributed by atoms with van der Waals surface area (Å²) in [5.41, 5.74) is 0.690. The van der Waals surface area contributed by atoms with Crippen LogP contribution in [0.2, 0.25) is 0 Å². The number of ether oxygens (including phenoxy) is 1. The summed E-state index contributed by atoms with van der Waals surface area (Å²) in [4.78, 5) is 16.0. The summed E-state index contributed by atoms with van der Waals surface area (Å²) >= 11 is 0. The van der Waals surface area contributed by atoms with Gasteiger partial charge in [0.05, 0.1) is 12.7 Å². The molecule has 0 saturated carbocycles. The van der Waals surface area contributed by atoms with Gasteiger partial charge in [-0.25, -0.2) is 19.9 Å². The van der Waals surface area contributed by atoms with Crippen LogP contribution in [0.3, 0.4) is 0 Å². The van der Waals surface area contributed by atoms with Crippen molar-refractivity contribution in [3.63, 3.8) is 0 Å². The molecule has 70 valence electrons. The summed E-state index contributed by atoms with van der Waals surface area (Å²) in [7, 11) is 1.55. The Kier molecular flexibility index (Phi) is 2.31. The fourth-order valence-corrected chi connectivity index (χ4v) is 1.07. The molecule has 0 N–H and O–H groups in total. The van der Waals surface area contributed by atoms with Gasteiger partial charge in [0.15, 0.2) is 5.82 Å². The standard InChI is InChI=1S/C9H8N4O/c1-14-9-7(5-10-6-13-9)8-11-3-2-4-12-8/h2-6H,1H3. The first-order chi connectivity index (χ1) is 6.92. The van der Waals surface area contributed by atoms with Gasteiger partial charge >= 0.3 is 0 Å². The zero-order valence-corrected chi connectivity index (χ0v) is 7.58. The first-order valence-corrected chi connectivity index (χ1v) is 4.03. The second kappa shape index (κ2) is 3.78. The summed E-state index contributed by atoms with van der Waals surface area (Å²) in [5.74, 6) is 1.04. The van der Waals surface area contributed by atoms with E-state index in [9.17, 15) is 0 Å². The average molecular weight is 188 g/mol. The minimum atomic E-state index is 0.478. The van der Waals surface area contributed by atoms with Crippen LogP contribution in [-0.2, 0) is 0 Å². The highest BCUT2D eigenvalue weighted by Gasteiger charge is 2.08. The molecule has 0 atom stereocenters. The third-order valence-corrected chi connectivity index (χ3v) is 1.68. The van der Waals surface area contributed by atoms with Crippen LogP contribution in [0.4, 0.5) is 0 Å². The average Bonchev–Trinajstić information content (AvgIpc) is 2.30. The maximum Gasteiger partial charge on any atom is 0.227 e. The van der Waals surface area contributed by atoms with E-state index in [0.717, 1.165) is 0 Å². The van der Waals surface area contributed by atoms with Crippen LogP contribution in [0, 0.1) is 0 Å². The van der Waals surface area contributed by atoms with E-state index < -0.39 is 0 Å². The fourth-order valence-electron chi connectivity index (χ4n) is 1.07. The molecular formula is C9H8N4O. The van der Waals surface area contributed by atoms with E-state index in [-0.39, 0.29) is 0 Å². The molecule has 0 radical (unpaired) electrons. The molecule has 14 heavy (non-hydrogen) atoms. The normalized spacial score (nSPS) is 9.79. The summed E-state index contributed by atoms with van der Waals surface area (Å²) in [6.07, 6.45) is 6.37. The predicted molar refractivity (Wildman–Crippen MR) is 49.6 cm³/mol. The molecule has 0 bridgehead atoms. The van der Waals surface area contributed by atoms with Gasteiger partial charge in [-0.05, 0) is 6.07 Å². The molecule has 0 fully saturated rings. The third-order valence-electron chi connectivity index (χ3n) is 1.68. The molecule has 0 amide bonds. The van der Waals surface area contributed by atoms with Gasteiger partial charge in [0.2, 0.25) is 5.88 Å². The molecule has 5 heteroatoms. The van der Waals surface area contributed by atoms with E-state index in [2.05, 4.69) is 19.9 Å². The van der Waals surface area contributed by atoms with Crippen LogP contribution in [0.25, 0.3) is 11.4 Å². The number of rotatable bonds is 2. The van der Waals surface area contributed by atoms with Gasteiger partial charge in [-0.2, -0.15) is 0 Å². The molecule has 0 aromatic carbocycles. The van der Waals surface area contributed by atoms with Crippen LogP contribution >= 0.6 is 0 Å². The van der Waals surface area contributed by atoms with Crippen LogP contribution < -0.4 is 4.74 Å². The molecule has 2 aromatic heterocycles. The molecule has 0 aliphatic heterocycles. The van der Waals surface area contributed by atoms with E-state index in [0.29, 0.717) is 17.3 Å². The van der Waals surface area contributed by atoms with Gasteiger partial charge < -0.3 is 4.74 Å². The van der Waals surface area contributed by atoms with Gasteiger partial charge in [0, 0.05) is 18.6 Å². The Bertz CT molecular complexity index is 418. The monoisotopic (exact) mass is 188 g/mol. The minimum absolute atomic E-state index is 0.478. The number of hydrogen-bond donors (Lipinski definition) is 0. The summed E-state index contributed by atoms with van der Waals surface area (Å²) in [5, 5.41) is 0. The van der Waals surface area contributed by atoms with Crippen LogP contribution in [0.1, 0.15) is 0 Å². The second-order valence-electron chi connectivity index (χ2n) is 2.52. The van der Waals surface area contributed by atoms with Gasteiger partial charge in [0.1, 0.15) is 6.33 Å². The minimum Gasteiger partial charge on any atom is -0.480 e. The fraction of sp³-hybridized carbons (Fsp3) is 0.111. The van der Waals surface area contributed by atoms with E-state index in [1.807, 2.05) is 0 Å². The smallest absolute Gasteiger partial charge is 0.227 e. The Balaban J connectivity index is 2.51. The van der Waals surface area contributed by atoms with Crippen molar-refractivity contribution in [2.45, 2.75) is 0 Å². The van der Waals surface area contributed by atoms with Crippen LogP contribution in [0.15, 0.2) is 31.0 Å². The molecule has 0 saturated heterocycles. The van der Waals surface area contributed by atoms with Crippen molar-refractivity contribution >= 4 is 0 Å². The molecule has 5 nitrogen and oxygen atoms in total. The Labute approximate surface area is 80.8 Å². The lowest BCUT2D eigenvalue weighted by Gasteiger charge is -2.03. The van der Waals surface area contributed by atoms with E-state index in [1.165, 1.54) is 6.33 Å². The highest BCUT2D eigenvalue weighted by atomic mass is 16.5. The van der Waals surface area contributed by atoms with E-state index in [1.54, 1.807) is 31.8 Å². The van der Waals surface area contributed by atoms with Crippen LogP contribution in [0.5, 0.6) is 5.88 Å².